The molecule has 0 saturated heterocycles. The molecule has 0 aliphatic carbocycles. The predicted octanol–water partition coefficient (Wildman–Crippen LogP) is 1.88. The lowest BCUT2D eigenvalue weighted by Crippen LogP contribution is -1.95. The van der Waals surface area contributed by atoms with Gasteiger partial charge in [0.05, 0.1) is 0 Å². The lowest BCUT2D eigenvalue weighted by molar-refractivity contribution is -0.129. The number of ketones is 1. The average Bonchev–Trinajstić information content (AvgIpc) is 2.25. The number of hydrogen-bond donors (Lipinski definition) is 0. The molecule has 80 valence electrons. The van der Waals surface area contributed by atoms with Gasteiger partial charge in [0.15, 0.2) is 1.37 Å². The molecule has 3 heteroatoms. The van der Waals surface area contributed by atoms with Crippen LogP contribution in [0.4, 0.5) is 0 Å². The van der Waals surface area contributed by atoms with Crippen LogP contribution in [0.3, 0.4) is 0 Å². The molecule has 1 aromatic carbocycles. The van der Waals surface area contributed by atoms with Crippen molar-refractivity contribution in [2.24, 2.45) is 0 Å². The van der Waals surface area contributed by atoms with Gasteiger partial charge in [-0.2, -0.15) is 0 Å². The van der Waals surface area contributed by atoms with Crippen LogP contribution < -0.4 is 0 Å². The summed E-state index contributed by atoms with van der Waals surface area (Å²) in [5.41, 5.74) is 1.92. The molecule has 0 aliphatic rings. The monoisotopic (exact) mass is 207 g/mol. The number of benzene rings is 1. The Morgan fingerprint density at radius 3 is 2.53 bits per heavy atom. The fourth-order valence-corrected chi connectivity index (χ4v) is 1.24. The summed E-state index contributed by atoms with van der Waals surface area (Å²) < 4.78 is 11.1. The van der Waals surface area contributed by atoms with E-state index in [-0.39, 0.29) is 12.4 Å². The summed E-state index contributed by atoms with van der Waals surface area (Å²) in [6.07, 6.45) is 0.246. The maximum absolute atomic E-state index is 10.8. The molecule has 1 aromatic rings. The minimum absolute atomic E-state index is 0.120. The van der Waals surface area contributed by atoms with Crippen molar-refractivity contribution in [2.45, 2.75) is 26.4 Å². The van der Waals surface area contributed by atoms with Crippen LogP contribution in [-0.2, 0) is 27.4 Å². The summed E-state index contributed by atoms with van der Waals surface area (Å²) >= 11 is 0. The van der Waals surface area contributed by atoms with E-state index in [1.54, 1.807) is 6.92 Å². The van der Waals surface area contributed by atoms with Crippen LogP contribution in [0.2, 0.25) is 0 Å². The first-order valence-corrected chi connectivity index (χ1v) is 4.78. The summed E-state index contributed by atoms with van der Waals surface area (Å²) in [6, 6.07) is 7.46. The minimum Gasteiger partial charge on any atom is -0.463 e. The number of ether oxygens (including phenoxy) is 1. The molecule has 0 heterocycles. The van der Waals surface area contributed by atoms with Gasteiger partial charge in [0.25, 0.3) is 6.45 Å². The Balaban J connectivity index is 2.47. The van der Waals surface area contributed by atoms with Crippen molar-refractivity contribution in [1.29, 1.82) is 0 Å². The highest BCUT2D eigenvalue weighted by molar-refractivity contribution is 5.75. The molecule has 0 N–H and O–H groups in total. The Hall–Kier alpha value is -1.64. The maximum Gasteiger partial charge on any atom is 0.293 e. The number of rotatable bonds is 5. The number of carbonyl (C=O) groups is 2. The van der Waals surface area contributed by atoms with E-state index in [1.165, 1.54) is 0 Å². The van der Waals surface area contributed by atoms with Crippen LogP contribution in [0.1, 0.15) is 25.8 Å². The van der Waals surface area contributed by atoms with Crippen LogP contribution >= 0.6 is 0 Å². The van der Waals surface area contributed by atoms with Gasteiger partial charge in [0, 0.05) is 6.42 Å². The average molecular weight is 207 g/mol. The van der Waals surface area contributed by atoms with E-state index in [4.69, 9.17) is 1.37 Å². The van der Waals surface area contributed by atoms with Gasteiger partial charge in [0.2, 0.25) is 0 Å². The van der Waals surface area contributed by atoms with Crippen molar-refractivity contribution in [3.8, 4) is 0 Å². The normalized spacial score (nSPS) is 10.6. The largest absolute Gasteiger partial charge is 0.463 e. The molecule has 0 unspecified atom stereocenters. The van der Waals surface area contributed by atoms with Crippen LogP contribution in [0.15, 0.2) is 24.3 Å². The van der Waals surface area contributed by atoms with Gasteiger partial charge in [-0.15, -0.1) is 0 Å². The third-order valence-corrected chi connectivity index (χ3v) is 2.09. The van der Waals surface area contributed by atoms with Crippen LogP contribution in [0.5, 0.6) is 0 Å². The maximum atomic E-state index is 10.8. The number of hydrogen-bond acceptors (Lipinski definition) is 3. The molecular weight excluding hydrogens is 192 g/mol. The van der Waals surface area contributed by atoms with Gasteiger partial charge < -0.3 is 9.53 Å². The molecule has 0 spiro atoms. The Kier molecular flexibility index (Phi) is 3.93. The van der Waals surface area contributed by atoms with Crippen molar-refractivity contribution in [1.82, 2.24) is 0 Å². The van der Waals surface area contributed by atoms with E-state index in [0.29, 0.717) is 6.42 Å². The Morgan fingerprint density at radius 1 is 1.40 bits per heavy atom. The minimum atomic E-state index is -1.03. The molecular formula is C12H14O3. The smallest absolute Gasteiger partial charge is 0.293 e. The highest BCUT2D eigenvalue weighted by Crippen LogP contribution is 2.07. The highest BCUT2D eigenvalue weighted by Gasteiger charge is 1.97. The fraction of sp³-hybridized carbons (Fsp3) is 0.333. The van der Waals surface area contributed by atoms with Gasteiger partial charge in [-0.1, -0.05) is 24.3 Å². The summed E-state index contributed by atoms with van der Waals surface area (Å²) in [5, 5.41) is 0. The zero-order valence-electron chi connectivity index (χ0n) is 9.66. The molecule has 0 aromatic heterocycles. The highest BCUT2D eigenvalue weighted by atomic mass is 16.5. The Labute approximate surface area is 90.5 Å². The van der Waals surface area contributed by atoms with Crippen LogP contribution in [-0.4, -0.2) is 12.2 Å². The molecule has 1 rings (SSSR count). The first kappa shape index (κ1) is 9.90. The Bertz CT molecular complexity index is 333. The van der Waals surface area contributed by atoms with E-state index < -0.39 is 6.45 Å². The predicted molar refractivity (Wildman–Crippen MR) is 56.3 cm³/mol. The van der Waals surface area contributed by atoms with E-state index >= 15 is 0 Å². The fourth-order valence-electron chi connectivity index (χ4n) is 1.24. The van der Waals surface area contributed by atoms with Crippen molar-refractivity contribution in [3.63, 3.8) is 0 Å². The molecule has 15 heavy (non-hydrogen) atoms. The van der Waals surface area contributed by atoms with E-state index in [0.717, 1.165) is 17.5 Å². The first-order chi connectivity index (χ1) is 7.58. The number of Topliss-reactive ketones (excluding diaryl/α,β-unsaturated/α-hetero) is 1. The van der Waals surface area contributed by atoms with Crippen molar-refractivity contribution in [2.75, 3.05) is 0 Å². The quantitative estimate of drug-likeness (QED) is 0.692. The van der Waals surface area contributed by atoms with E-state index in [2.05, 4.69) is 4.74 Å². The summed E-state index contributed by atoms with van der Waals surface area (Å²) in [6.45, 7) is 1.69. The number of aryl methyl sites for hydroxylation is 1. The van der Waals surface area contributed by atoms with Crippen molar-refractivity contribution >= 4 is 12.2 Å². The molecule has 0 radical (unpaired) electrons. The molecule has 0 aliphatic heterocycles. The van der Waals surface area contributed by atoms with Crippen molar-refractivity contribution in [3.05, 3.63) is 35.4 Å². The molecule has 0 bridgehead atoms. The lowest BCUT2D eigenvalue weighted by Gasteiger charge is -2.02. The van der Waals surface area contributed by atoms with Gasteiger partial charge in [-0.05, 0) is 24.5 Å². The third-order valence-electron chi connectivity index (χ3n) is 2.09. The third kappa shape index (κ3) is 4.40. The van der Waals surface area contributed by atoms with Crippen LogP contribution in [0.25, 0.3) is 0 Å². The second kappa shape index (κ2) is 5.96. The zero-order valence-corrected chi connectivity index (χ0v) is 8.66. The summed E-state index contributed by atoms with van der Waals surface area (Å²) in [4.78, 5) is 21.1. The van der Waals surface area contributed by atoms with Crippen LogP contribution in [0, 0.1) is 0 Å². The molecule has 0 saturated carbocycles. The van der Waals surface area contributed by atoms with Gasteiger partial charge in [-0.3, -0.25) is 4.79 Å². The van der Waals surface area contributed by atoms with E-state index in [9.17, 15) is 9.59 Å². The SMILES string of the molecule is [2H]C(=O)OCc1ccc(CCC(C)=O)cc1. The summed E-state index contributed by atoms with van der Waals surface area (Å²) in [7, 11) is 0. The lowest BCUT2D eigenvalue weighted by atomic mass is 10.1. The first-order valence-electron chi connectivity index (χ1n) is 5.28. The van der Waals surface area contributed by atoms with E-state index in [1.807, 2.05) is 24.3 Å². The van der Waals surface area contributed by atoms with Gasteiger partial charge in [0.1, 0.15) is 12.4 Å². The van der Waals surface area contributed by atoms with Gasteiger partial charge >= 0.3 is 0 Å². The molecule has 3 nitrogen and oxygen atoms in total. The topological polar surface area (TPSA) is 43.4 Å². The Morgan fingerprint density at radius 2 is 2.00 bits per heavy atom. The second-order valence-electron chi connectivity index (χ2n) is 3.39. The number of carbonyl (C=O) groups excluding carboxylic acids is 2. The molecule has 0 atom stereocenters. The van der Waals surface area contributed by atoms with Gasteiger partial charge in [-0.25, -0.2) is 0 Å². The van der Waals surface area contributed by atoms with Crippen molar-refractivity contribution < 1.29 is 15.7 Å². The standard InChI is InChI=1S/C12H14O3/c1-10(14)2-3-11-4-6-12(7-5-11)8-15-9-13/h4-7,9H,2-3,8H2,1H3/i9D. The molecule has 0 fully saturated rings. The molecule has 0 amide bonds. The second-order valence-corrected chi connectivity index (χ2v) is 3.39. The summed E-state index contributed by atoms with van der Waals surface area (Å²) in [5.74, 6) is 0.173. The zero-order chi connectivity index (χ0) is 12.0.